The van der Waals surface area contributed by atoms with E-state index in [1.54, 1.807) is 0 Å². The van der Waals surface area contributed by atoms with Crippen LogP contribution in [-0.4, -0.2) is 58.5 Å². The summed E-state index contributed by atoms with van der Waals surface area (Å²) in [6, 6.07) is 16.1. The summed E-state index contributed by atoms with van der Waals surface area (Å²) in [7, 11) is 2.11. The number of para-hydroxylation sites is 1. The van der Waals surface area contributed by atoms with Gasteiger partial charge in [-0.3, -0.25) is 9.36 Å². The third kappa shape index (κ3) is 3.10. The second-order valence-corrected chi connectivity index (χ2v) is 6.98. The molecule has 0 unspecified atom stereocenters. The molecule has 1 saturated heterocycles. The maximum atomic E-state index is 12.9. The van der Waals surface area contributed by atoms with E-state index in [2.05, 4.69) is 28.6 Å². The number of aromatic nitrogens is 2. The molecular weight excluding hydrogens is 324 g/mol. The van der Waals surface area contributed by atoms with Gasteiger partial charge in [0.15, 0.2) is 0 Å². The molecule has 134 valence electrons. The van der Waals surface area contributed by atoms with Gasteiger partial charge in [0, 0.05) is 30.9 Å². The fraction of sp³-hybridized carbons (Fsp3) is 0.333. The van der Waals surface area contributed by atoms with Gasteiger partial charge in [0.1, 0.15) is 5.82 Å². The molecule has 0 bridgehead atoms. The Kier molecular flexibility index (Phi) is 4.47. The zero-order chi connectivity index (χ0) is 18.1. The predicted octanol–water partition coefficient (Wildman–Crippen LogP) is 3.11. The highest BCUT2D eigenvalue weighted by molar-refractivity contribution is 5.97. The van der Waals surface area contributed by atoms with Gasteiger partial charge < -0.3 is 9.80 Å². The van der Waals surface area contributed by atoms with Crippen LogP contribution in [0.1, 0.15) is 22.6 Å². The molecule has 2 heterocycles. The van der Waals surface area contributed by atoms with E-state index in [4.69, 9.17) is 4.98 Å². The molecule has 1 amide bonds. The van der Waals surface area contributed by atoms with Crippen LogP contribution < -0.4 is 0 Å². The number of fused-ring (bicyclic) bond motifs is 1. The smallest absolute Gasteiger partial charge is 0.253 e. The van der Waals surface area contributed by atoms with Gasteiger partial charge in [0.25, 0.3) is 5.91 Å². The Morgan fingerprint density at radius 3 is 2.62 bits per heavy atom. The van der Waals surface area contributed by atoms with Crippen molar-refractivity contribution in [1.82, 2.24) is 19.4 Å². The Labute approximate surface area is 153 Å². The Balaban J connectivity index is 1.67. The highest BCUT2D eigenvalue weighted by Crippen LogP contribution is 2.23. The van der Waals surface area contributed by atoms with Crippen LogP contribution in [0, 0.1) is 6.92 Å². The molecule has 1 aromatic heterocycles. The first-order valence-electron chi connectivity index (χ1n) is 9.16. The van der Waals surface area contributed by atoms with E-state index in [1.165, 1.54) is 0 Å². The summed E-state index contributed by atoms with van der Waals surface area (Å²) in [4.78, 5) is 21.9. The average molecular weight is 348 g/mol. The Morgan fingerprint density at radius 2 is 1.81 bits per heavy atom. The van der Waals surface area contributed by atoms with Crippen LogP contribution in [0.4, 0.5) is 0 Å². The number of hydrogen-bond acceptors (Lipinski definition) is 3. The second kappa shape index (κ2) is 6.92. The molecule has 0 spiro atoms. The molecule has 5 nitrogen and oxygen atoms in total. The van der Waals surface area contributed by atoms with Crippen LogP contribution in [0.2, 0.25) is 0 Å². The third-order valence-electron chi connectivity index (χ3n) is 5.09. The molecule has 26 heavy (non-hydrogen) atoms. The molecule has 2 aromatic carbocycles. The quantitative estimate of drug-likeness (QED) is 0.714. The van der Waals surface area contributed by atoms with Crippen molar-refractivity contribution in [3.05, 3.63) is 59.9 Å². The van der Waals surface area contributed by atoms with Crippen molar-refractivity contribution in [1.29, 1.82) is 0 Å². The van der Waals surface area contributed by atoms with Gasteiger partial charge in [0.05, 0.1) is 11.0 Å². The number of aryl methyl sites for hydroxylation is 1. The average Bonchev–Trinajstić information content (AvgIpc) is 2.82. The van der Waals surface area contributed by atoms with Crippen LogP contribution in [-0.2, 0) is 0 Å². The predicted molar refractivity (Wildman–Crippen MR) is 104 cm³/mol. The molecule has 1 aliphatic heterocycles. The maximum absolute atomic E-state index is 12.9. The minimum absolute atomic E-state index is 0.106. The third-order valence-corrected chi connectivity index (χ3v) is 5.09. The molecule has 4 rings (SSSR count). The zero-order valence-electron chi connectivity index (χ0n) is 15.4. The van der Waals surface area contributed by atoms with E-state index in [0.717, 1.165) is 60.7 Å². The molecule has 0 radical (unpaired) electrons. The van der Waals surface area contributed by atoms with Gasteiger partial charge in [-0.1, -0.05) is 18.2 Å². The SMILES string of the molecule is Cc1nc2cc(C(=O)N3CCCN(C)CC3)ccc2n1-c1ccccc1. The number of hydrogen-bond donors (Lipinski definition) is 0. The first-order valence-corrected chi connectivity index (χ1v) is 9.16. The van der Waals surface area contributed by atoms with Gasteiger partial charge in [-0.2, -0.15) is 0 Å². The van der Waals surface area contributed by atoms with Crippen molar-refractivity contribution in [3.63, 3.8) is 0 Å². The Bertz CT molecular complexity index is 932. The van der Waals surface area contributed by atoms with Crippen molar-refractivity contribution >= 4 is 16.9 Å². The standard InChI is InChI=1S/C21H24N4O/c1-16-22-19-15-17(21(26)24-12-6-11-23(2)13-14-24)9-10-20(19)25(16)18-7-4-3-5-8-18/h3-5,7-10,15H,6,11-14H2,1-2H3. The lowest BCUT2D eigenvalue weighted by atomic mass is 10.1. The number of benzene rings is 2. The number of carbonyl (C=O) groups excluding carboxylic acids is 1. The van der Waals surface area contributed by atoms with Crippen molar-refractivity contribution < 1.29 is 4.79 Å². The lowest BCUT2D eigenvalue weighted by Crippen LogP contribution is -2.34. The number of likely N-dealkylation sites (N-methyl/N-ethyl adjacent to an activating group) is 1. The normalized spacial score (nSPS) is 16.0. The molecule has 0 saturated carbocycles. The fourth-order valence-corrected chi connectivity index (χ4v) is 3.67. The topological polar surface area (TPSA) is 41.4 Å². The molecule has 0 N–H and O–H groups in total. The van der Waals surface area contributed by atoms with Crippen molar-refractivity contribution in [2.75, 3.05) is 33.2 Å². The van der Waals surface area contributed by atoms with Crippen LogP contribution >= 0.6 is 0 Å². The first-order chi connectivity index (χ1) is 12.6. The number of imidazole rings is 1. The van der Waals surface area contributed by atoms with E-state index >= 15 is 0 Å². The molecule has 1 fully saturated rings. The monoisotopic (exact) mass is 348 g/mol. The van der Waals surface area contributed by atoms with Gasteiger partial charge in [-0.25, -0.2) is 4.98 Å². The lowest BCUT2D eigenvalue weighted by Gasteiger charge is -2.20. The van der Waals surface area contributed by atoms with Gasteiger partial charge in [0.2, 0.25) is 0 Å². The second-order valence-electron chi connectivity index (χ2n) is 6.98. The summed E-state index contributed by atoms with van der Waals surface area (Å²) in [6.07, 6.45) is 1.02. The largest absolute Gasteiger partial charge is 0.337 e. The minimum atomic E-state index is 0.106. The van der Waals surface area contributed by atoms with Gasteiger partial charge in [-0.15, -0.1) is 0 Å². The summed E-state index contributed by atoms with van der Waals surface area (Å²) < 4.78 is 2.13. The van der Waals surface area contributed by atoms with E-state index in [1.807, 2.05) is 48.2 Å². The molecule has 0 atom stereocenters. The van der Waals surface area contributed by atoms with Crippen molar-refractivity contribution in [2.24, 2.45) is 0 Å². The number of nitrogens with zero attached hydrogens (tertiary/aromatic N) is 4. The van der Waals surface area contributed by atoms with Crippen molar-refractivity contribution in [2.45, 2.75) is 13.3 Å². The molecule has 5 heteroatoms. The first kappa shape index (κ1) is 16.8. The lowest BCUT2D eigenvalue weighted by molar-refractivity contribution is 0.0763. The highest BCUT2D eigenvalue weighted by Gasteiger charge is 2.20. The van der Waals surface area contributed by atoms with Crippen LogP contribution in [0.5, 0.6) is 0 Å². The van der Waals surface area contributed by atoms with E-state index in [-0.39, 0.29) is 5.91 Å². The summed E-state index contributed by atoms with van der Waals surface area (Å²) in [5.74, 6) is 1.03. The van der Waals surface area contributed by atoms with Crippen LogP contribution in [0.15, 0.2) is 48.5 Å². The molecular formula is C21H24N4O. The zero-order valence-corrected chi connectivity index (χ0v) is 15.4. The Hall–Kier alpha value is -2.66. The van der Waals surface area contributed by atoms with Crippen LogP contribution in [0.3, 0.4) is 0 Å². The van der Waals surface area contributed by atoms with Crippen molar-refractivity contribution in [3.8, 4) is 5.69 Å². The summed E-state index contributed by atoms with van der Waals surface area (Å²) in [5.41, 5.74) is 3.70. The molecule has 1 aliphatic rings. The molecule has 0 aliphatic carbocycles. The highest BCUT2D eigenvalue weighted by atomic mass is 16.2. The molecule has 3 aromatic rings. The van der Waals surface area contributed by atoms with E-state index in [9.17, 15) is 4.79 Å². The van der Waals surface area contributed by atoms with E-state index in [0.29, 0.717) is 0 Å². The number of rotatable bonds is 2. The fourth-order valence-electron chi connectivity index (χ4n) is 3.67. The summed E-state index contributed by atoms with van der Waals surface area (Å²) in [5, 5.41) is 0. The van der Waals surface area contributed by atoms with Crippen LogP contribution in [0.25, 0.3) is 16.7 Å². The maximum Gasteiger partial charge on any atom is 0.253 e. The van der Waals surface area contributed by atoms with Gasteiger partial charge >= 0.3 is 0 Å². The Morgan fingerprint density at radius 1 is 1.00 bits per heavy atom. The summed E-state index contributed by atoms with van der Waals surface area (Å²) in [6.45, 7) is 5.57. The van der Waals surface area contributed by atoms with Gasteiger partial charge in [-0.05, 0) is 57.3 Å². The summed E-state index contributed by atoms with van der Waals surface area (Å²) >= 11 is 0. The number of carbonyl (C=O) groups is 1. The van der Waals surface area contributed by atoms with E-state index < -0.39 is 0 Å². The number of amides is 1. The minimum Gasteiger partial charge on any atom is -0.337 e.